The van der Waals surface area contributed by atoms with E-state index < -0.39 is 6.04 Å². The van der Waals surface area contributed by atoms with Crippen LogP contribution in [-0.4, -0.2) is 24.4 Å². The molecule has 0 heterocycles. The second-order valence-electron chi connectivity index (χ2n) is 5.33. The third-order valence-electron chi connectivity index (χ3n) is 3.50. The van der Waals surface area contributed by atoms with Crippen molar-refractivity contribution in [2.45, 2.75) is 19.4 Å². The van der Waals surface area contributed by atoms with Crippen LogP contribution in [0.2, 0.25) is 5.02 Å². The third-order valence-corrected chi connectivity index (χ3v) is 3.75. The van der Waals surface area contributed by atoms with E-state index in [0.717, 1.165) is 0 Å². The fraction of sp³-hybridized carbons (Fsp3) is 0.222. The zero-order valence-corrected chi connectivity index (χ0v) is 13.9. The van der Waals surface area contributed by atoms with Crippen molar-refractivity contribution in [2.75, 3.05) is 6.54 Å². The molecule has 0 aromatic heterocycles. The minimum Gasteiger partial charge on any atom is -0.354 e. The first-order chi connectivity index (χ1) is 11.5. The lowest BCUT2D eigenvalue weighted by Crippen LogP contribution is -2.45. The summed E-state index contributed by atoms with van der Waals surface area (Å²) in [6, 6.07) is 12.1. The van der Waals surface area contributed by atoms with Gasteiger partial charge in [0.1, 0.15) is 11.9 Å². The van der Waals surface area contributed by atoms with Crippen molar-refractivity contribution in [3.63, 3.8) is 0 Å². The maximum absolute atomic E-state index is 13.5. The Hall–Kier alpha value is -2.40. The molecule has 1 unspecified atom stereocenters. The Balaban J connectivity index is 1.80. The number of rotatable bonds is 6. The van der Waals surface area contributed by atoms with Gasteiger partial charge in [0, 0.05) is 17.1 Å². The van der Waals surface area contributed by atoms with E-state index in [-0.39, 0.29) is 17.6 Å². The first kappa shape index (κ1) is 17.9. The van der Waals surface area contributed by atoms with Crippen molar-refractivity contribution in [1.29, 1.82) is 0 Å². The van der Waals surface area contributed by atoms with Crippen LogP contribution in [0.3, 0.4) is 0 Å². The van der Waals surface area contributed by atoms with E-state index in [2.05, 4.69) is 10.6 Å². The first-order valence-corrected chi connectivity index (χ1v) is 7.92. The molecule has 2 aromatic rings. The Labute approximate surface area is 145 Å². The Kier molecular flexibility index (Phi) is 6.32. The Morgan fingerprint density at radius 2 is 1.79 bits per heavy atom. The first-order valence-electron chi connectivity index (χ1n) is 7.55. The summed E-state index contributed by atoms with van der Waals surface area (Å²) in [6.45, 7) is 1.88. The smallest absolute Gasteiger partial charge is 0.251 e. The lowest BCUT2D eigenvalue weighted by molar-refractivity contribution is -0.122. The fourth-order valence-corrected chi connectivity index (χ4v) is 2.25. The number of amides is 2. The van der Waals surface area contributed by atoms with Gasteiger partial charge in [0.05, 0.1) is 0 Å². The molecule has 0 fully saturated rings. The van der Waals surface area contributed by atoms with Crippen LogP contribution in [0.15, 0.2) is 48.5 Å². The van der Waals surface area contributed by atoms with Gasteiger partial charge in [-0.05, 0) is 49.2 Å². The quantitative estimate of drug-likeness (QED) is 0.843. The van der Waals surface area contributed by atoms with Gasteiger partial charge in [-0.25, -0.2) is 4.39 Å². The lowest BCUT2D eigenvalue weighted by atomic mass is 10.1. The highest BCUT2D eigenvalue weighted by atomic mass is 35.5. The van der Waals surface area contributed by atoms with Gasteiger partial charge in [-0.15, -0.1) is 0 Å². The number of nitrogens with one attached hydrogen (secondary N) is 2. The highest BCUT2D eigenvalue weighted by Gasteiger charge is 2.16. The lowest BCUT2D eigenvalue weighted by Gasteiger charge is -2.14. The largest absolute Gasteiger partial charge is 0.354 e. The van der Waals surface area contributed by atoms with Crippen molar-refractivity contribution in [3.05, 3.63) is 70.5 Å². The summed E-state index contributed by atoms with van der Waals surface area (Å²) in [5, 5.41) is 5.82. The molecule has 2 amide bonds. The van der Waals surface area contributed by atoms with Crippen LogP contribution in [0.25, 0.3) is 0 Å². The monoisotopic (exact) mass is 348 g/mol. The molecule has 0 aliphatic rings. The third kappa shape index (κ3) is 5.06. The molecule has 6 heteroatoms. The zero-order chi connectivity index (χ0) is 17.5. The van der Waals surface area contributed by atoms with Gasteiger partial charge in [-0.1, -0.05) is 29.8 Å². The highest BCUT2D eigenvalue weighted by Crippen LogP contribution is 2.09. The van der Waals surface area contributed by atoms with Gasteiger partial charge in [0.25, 0.3) is 5.91 Å². The van der Waals surface area contributed by atoms with Crippen LogP contribution < -0.4 is 10.6 Å². The molecule has 0 spiro atoms. The van der Waals surface area contributed by atoms with E-state index in [4.69, 9.17) is 11.6 Å². The van der Waals surface area contributed by atoms with Gasteiger partial charge in [-0.2, -0.15) is 0 Å². The fourth-order valence-electron chi connectivity index (χ4n) is 2.12. The van der Waals surface area contributed by atoms with E-state index in [9.17, 15) is 14.0 Å². The Morgan fingerprint density at radius 3 is 2.46 bits per heavy atom. The second kappa shape index (κ2) is 8.45. The van der Waals surface area contributed by atoms with Gasteiger partial charge < -0.3 is 10.6 Å². The molecule has 0 aliphatic heterocycles. The van der Waals surface area contributed by atoms with Gasteiger partial charge in [-0.3, -0.25) is 9.59 Å². The minimum atomic E-state index is -0.700. The molecule has 2 N–H and O–H groups in total. The zero-order valence-electron chi connectivity index (χ0n) is 13.2. The molecule has 0 aliphatic carbocycles. The van der Waals surface area contributed by atoms with Crippen LogP contribution in [0.4, 0.5) is 4.39 Å². The number of hydrogen-bond acceptors (Lipinski definition) is 2. The van der Waals surface area contributed by atoms with Crippen LogP contribution in [0.1, 0.15) is 22.8 Å². The van der Waals surface area contributed by atoms with Gasteiger partial charge in [0.2, 0.25) is 5.91 Å². The number of hydrogen-bond donors (Lipinski definition) is 2. The number of benzene rings is 2. The highest BCUT2D eigenvalue weighted by molar-refractivity contribution is 6.30. The summed E-state index contributed by atoms with van der Waals surface area (Å²) in [4.78, 5) is 24.0. The minimum absolute atomic E-state index is 0.293. The molecule has 24 heavy (non-hydrogen) atoms. The van der Waals surface area contributed by atoms with E-state index in [1.54, 1.807) is 49.4 Å². The maximum Gasteiger partial charge on any atom is 0.251 e. The number of carbonyl (C=O) groups is 2. The summed E-state index contributed by atoms with van der Waals surface area (Å²) < 4.78 is 13.5. The van der Waals surface area contributed by atoms with Gasteiger partial charge in [0.15, 0.2) is 0 Å². The van der Waals surface area contributed by atoms with Crippen LogP contribution in [0.5, 0.6) is 0 Å². The van der Waals surface area contributed by atoms with Gasteiger partial charge >= 0.3 is 0 Å². The predicted octanol–water partition coefficient (Wildman–Crippen LogP) is 2.96. The summed E-state index contributed by atoms with van der Waals surface area (Å²) in [5.41, 5.74) is 0.959. The van der Waals surface area contributed by atoms with E-state index in [1.165, 1.54) is 6.07 Å². The van der Waals surface area contributed by atoms with E-state index >= 15 is 0 Å². The van der Waals surface area contributed by atoms with E-state index in [0.29, 0.717) is 29.1 Å². The Bertz CT molecular complexity index is 719. The van der Waals surface area contributed by atoms with Crippen molar-refractivity contribution in [2.24, 2.45) is 0 Å². The molecule has 0 saturated heterocycles. The molecule has 126 valence electrons. The summed E-state index contributed by atoms with van der Waals surface area (Å²) in [6.07, 6.45) is 0.385. The molecule has 0 bridgehead atoms. The van der Waals surface area contributed by atoms with E-state index in [1.807, 2.05) is 0 Å². The molecule has 4 nitrogen and oxygen atoms in total. The van der Waals surface area contributed by atoms with Crippen LogP contribution in [-0.2, 0) is 11.2 Å². The average molecular weight is 349 g/mol. The Morgan fingerprint density at radius 1 is 1.12 bits per heavy atom. The van der Waals surface area contributed by atoms with Crippen LogP contribution >= 0.6 is 11.6 Å². The molecule has 2 rings (SSSR count). The standard InChI is InChI=1S/C18H18ClFN2O2/c1-12(22-18(24)14-6-8-15(19)9-7-14)17(23)21-11-10-13-4-2-3-5-16(13)20/h2-9,12H,10-11H2,1H3,(H,21,23)(H,22,24). The molecule has 0 saturated carbocycles. The molecular weight excluding hydrogens is 331 g/mol. The molecular formula is C18H18ClFN2O2. The summed E-state index contributed by atoms with van der Waals surface area (Å²) in [5.74, 6) is -0.979. The summed E-state index contributed by atoms with van der Waals surface area (Å²) in [7, 11) is 0. The van der Waals surface area contributed by atoms with Crippen molar-refractivity contribution >= 4 is 23.4 Å². The van der Waals surface area contributed by atoms with Crippen LogP contribution in [0, 0.1) is 5.82 Å². The molecule has 0 radical (unpaired) electrons. The van der Waals surface area contributed by atoms with Crippen molar-refractivity contribution < 1.29 is 14.0 Å². The second-order valence-corrected chi connectivity index (χ2v) is 5.77. The predicted molar refractivity (Wildman–Crippen MR) is 91.5 cm³/mol. The summed E-state index contributed by atoms with van der Waals surface area (Å²) >= 11 is 5.77. The van der Waals surface area contributed by atoms with Crippen molar-refractivity contribution in [1.82, 2.24) is 10.6 Å². The topological polar surface area (TPSA) is 58.2 Å². The number of halogens is 2. The molecule has 1 atom stereocenters. The van der Waals surface area contributed by atoms with Crippen molar-refractivity contribution in [3.8, 4) is 0 Å². The number of carbonyl (C=O) groups excluding carboxylic acids is 2. The maximum atomic E-state index is 13.5. The SMILES string of the molecule is CC(NC(=O)c1ccc(Cl)cc1)C(=O)NCCc1ccccc1F. The molecule has 2 aromatic carbocycles. The average Bonchev–Trinajstić information content (AvgIpc) is 2.57. The normalized spacial score (nSPS) is 11.6.